The summed E-state index contributed by atoms with van der Waals surface area (Å²) in [5.41, 5.74) is 0.412. The zero-order valence-corrected chi connectivity index (χ0v) is 23.2. The van der Waals surface area contributed by atoms with Gasteiger partial charge in [-0.05, 0) is 66.2 Å². The lowest BCUT2D eigenvalue weighted by molar-refractivity contribution is -0.134. The number of aryl methyl sites for hydroxylation is 1. The molecule has 1 amide bonds. The monoisotopic (exact) mass is 597 g/mol. The van der Waals surface area contributed by atoms with E-state index in [0.717, 1.165) is 49.0 Å². The van der Waals surface area contributed by atoms with Crippen LogP contribution in [0.5, 0.6) is 0 Å². The van der Waals surface area contributed by atoms with E-state index in [1.807, 2.05) is 0 Å². The fraction of sp³-hybridized carbons (Fsp3) is 0.440. The van der Waals surface area contributed by atoms with E-state index in [1.165, 1.54) is 16.3 Å². The number of fused-ring (bicyclic) bond motifs is 6. The minimum Gasteiger partial charge on any atom is -0.511 e. The number of amidine groups is 1. The predicted molar refractivity (Wildman–Crippen MR) is 141 cm³/mol. The molecule has 2 aromatic rings. The van der Waals surface area contributed by atoms with Gasteiger partial charge in [-0.25, -0.2) is 17.2 Å². The number of nitrogens with zero attached hydrogens (tertiary/aromatic N) is 2. The number of sulfone groups is 1. The molecule has 4 atom stereocenters. The molecule has 2 N–H and O–H groups in total. The Morgan fingerprint density at radius 2 is 1.95 bits per heavy atom. The summed E-state index contributed by atoms with van der Waals surface area (Å²) in [7, 11) is -7.67. The first kappa shape index (κ1) is 26.4. The third-order valence-electron chi connectivity index (χ3n) is 8.11. The Hall–Kier alpha value is -2.84. The standard InChI is InChI=1S/C25H25F2N3O6S3/c1-38(33,34)7-6-15-11-37-24-22(15)39(35,36)29-23(28-24)19-21(31)18-13-3-4-14(9-13)20(18)30(25(19)32)10-12-2-5-16(26)17(27)8-12/h2,5,8,11,13-14,18,20,31H,3-4,6-7,9-10H2,1H3,(H,28,29)/t13-,14+,18+,20-/m0/s1. The maximum atomic E-state index is 14.0. The minimum absolute atomic E-state index is 0.0157. The number of thiophene rings is 1. The van der Waals surface area contributed by atoms with Crippen LogP contribution in [0.1, 0.15) is 30.4 Å². The van der Waals surface area contributed by atoms with E-state index in [2.05, 4.69) is 9.71 Å². The van der Waals surface area contributed by atoms with Gasteiger partial charge >= 0.3 is 0 Å². The van der Waals surface area contributed by atoms with Gasteiger partial charge in [0.15, 0.2) is 17.5 Å². The molecule has 39 heavy (non-hydrogen) atoms. The van der Waals surface area contributed by atoms with Gasteiger partial charge in [-0.2, -0.15) is 8.42 Å². The highest BCUT2D eigenvalue weighted by Crippen LogP contribution is 2.55. The third-order valence-corrected chi connectivity index (χ3v) is 11.5. The number of nitrogens with one attached hydrogen (secondary N) is 1. The number of rotatable bonds is 6. The lowest BCUT2D eigenvalue weighted by Gasteiger charge is -2.44. The molecule has 208 valence electrons. The van der Waals surface area contributed by atoms with Crippen LogP contribution < -0.4 is 5.32 Å². The van der Waals surface area contributed by atoms with Gasteiger partial charge in [-0.1, -0.05) is 6.07 Å². The van der Waals surface area contributed by atoms with E-state index < -0.39 is 43.3 Å². The second-order valence-corrected chi connectivity index (χ2v) is 15.3. The average Bonchev–Trinajstić information content (AvgIpc) is 3.57. The smallest absolute Gasteiger partial charge is 0.287 e. The van der Waals surface area contributed by atoms with Crippen molar-refractivity contribution in [2.75, 3.05) is 17.3 Å². The number of hydrogen-bond donors (Lipinski definition) is 2. The number of amides is 1. The van der Waals surface area contributed by atoms with Crippen molar-refractivity contribution in [1.82, 2.24) is 4.90 Å². The first-order valence-electron chi connectivity index (χ1n) is 12.4. The summed E-state index contributed by atoms with van der Waals surface area (Å²) in [5, 5.41) is 16.0. The summed E-state index contributed by atoms with van der Waals surface area (Å²) >= 11 is 1.04. The number of aliphatic hydroxyl groups is 1. The lowest BCUT2D eigenvalue weighted by atomic mass is 9.77. The highest BCUT2D eigenvalue weighted by Gasteiger charge is 2.57. The van der Waals surface area contributed by atoms with E-state index in [4.69, 9.17) is 0 Å². The molecule has 2 aliphatic heterocycles. The quantitative estimate of drug-likeness (QED) is 0.522. The van der Waals surface area contributed by atoms with Gasteiger partial charge in [0.2, 0.25) is 0 Å². The van der Waals surface area contributed by atoms with Crippen LogP contribution in [0.4, 0.5) is 13.8 Å². The summed E-state index contributed by atoms with van der Waals surface area (Å²) in [6.45, 7) is -0.0445. The number of carbonyl (C=O) groups excluding carboxylic acids is 1. The highest BCUT2D eigenvalue weighted by molar-refractivity contribution is 7.91. The predicted octanol–water partition coefficient (Wildman–Crippen LogP) is 3.40. The van der Waals surface area contributed by atoms with Gasteiger partial charge in [0.05, 0.1) is 5.75 Å². The van der Waals surface area contributed by atoms with Crippen LogP contribution in [0.3, 0.4) is 0 Å². The Labute approximate surface area is 228 Å². The van der Waals surface area contributed by atoms with Gasteiger partial charge in [-0.15, -0.1) is 15.7 Å². The first-order valence-corrected chi connectivity index (χ1v) is 16.8. The molecule has 14 heteroatoms. The molecule has 0 radical (unpaired) electrons. The van der Waals surface area contributed by atoms with Gasteiger partial charge in [0.25, 0.3) is 15.9 Å². The molecular formula is C25H25F2N3O6S3. The van der Waals surface area contributed by atoms with Crippen LogP contribution in [0.2, 0.25) is 0 Å². The Balaban J connectivity index is 1.39. The van der Waals surface area contributed by atoms with E-state index in [0.29, 0.717) is 11.1 Å². The van der Waals surface area contributed by atoms with Gasteiger partial charge < -0.3 is 15.3 Å². The van der Waals surface area contributed by atoms with E-state index in [-0.39, 0.29) is 63.7 Å². The van der Waals surface area contributed by atoms with Crippen molar-refractivity contribution in [3.05, 3.63) is 57.7 Å². The molecule has 2 bridgehead atoms. The Kier molecular flexibility index (Phi) is 6.15. The van der Waals surface area contributed by atoms with E-state index in [9.17, 15) is 35.5 Å². The molecule has 2 saturated carbocycles. The van der Waals surface area contributed by atoms with Crippen molar-refractivity contribution in [3.63, 3.8) is 0 Å². The van der Waals surface area contributed by atoms with Crippen molar-refractivity contribution >= 4 is 47.9 Å². The maximum absolute atomic E-state index is 14.0. The minimum atomic E-state index is -4.33. The van der Waals surface area contributed by atoms with Crippen molar-refractivity contribution in [1.29, 1.82) is 0 Å². The lowest BCUT2D eigenvalue weighted by Crippen LogP contribution is -2.53. The van der Waals surface area contributed by atoms with Crippen LogP contribution in [-0.4, -0.2) is 56.6 Å². The summed E-state index contributed by atoms with van der Waals surface area (Å²) in [4.78, 5) is 15.3. The molecule has 9 nitrogen and oxygen atoms in total. The molecule has 6 rings (SSSR count). The molecule has 4 aliphatic rings. The summed E-state index contributed by atoms with van der Waals surface area (Å²) in [5.74, 6) is -3.66. The van der Waals surface area contributed by atoms with E-state index in [1.54, 1.807) is 0 Å². The van der Waals surface area contributed by atoms with Crippen LogP contribution in [0.15, 0.2) is 44.2 Å². The molecule has 0 spiro atoms. The Bertz CT molecular complexity index is 1680. The molecule has 3 heterocycles. The summed E-state index contributed by atoms with van der Waals surface area (Å²) in [6, 6.07) is 3.06. The van der Waals surface area contributed by atoms with Crippen LogP contribution in [-0.2, 0) is 37.6 Å². The van der Waals surface area contributed by atoms with Crippen LogP contribution >= 0.6 is 11.3 Å². The number of aliphatic hydroxyl groups excluding tert-OH is 1. The van der Waals surface area contributed by atoms with Gasteiger partial charge in [0, 0.05) is 24.8 Å². The second-order valence-electron chi connectivity index (χ2n) is 10.6. The third kappa shape index (κ3) is 4.45. The van der Waals surface area contributed by atoms with Gasteiger partial charge in [0.1, 0.15) is 31.1 Å². The van der Waals surface area contributed by atoms with Crippen LogP contribution in [0.25, 0.3) is 0 Å². The molecule has 0 saturated heterocycles. The van der Waals surface area contributed by atoms with Crippen LogP contribution in [0, 0.1) is 29.4 Å². The SMILES string of the molecule is CS(=O)(=O)CCc1csc2c1S(=O)(=O)N=C(C1=C(O)[C@@H]3[C@H]4CC[C@H](C4)[C@@H]3N(Cc3ccc(F)c(F)c3)C1=O)N2. The number of anilines is 1. The van der Waals surface area contributed by atoms with Gasteiger partial charge in [-0.3, -0.25) is 4.79 Å². The molecule has 0 unspecified atom stereocenters. The summed E-state index contributed by atoms with van der Waals surface area (Å²) < 4.78 is 81.2. The highest BCUT2D eigenvalue weighted by atomic mass is 32.2. The molecule has 2 fully saturated rings. The van der Waals surface area contributed by atoms with Crippen molar-refractivity contribution in [3.8, 4) is 0 Å². The summed E-state index contributed by atoms with van der Waals surface area (Å²) in [6.07, 6.45) is 3.57. The second kappa shape index (κ2) is 9.10. The van der Waals surface area contributed by atoms with E-state index >= 15 is 0 Å². The molecular weight excluding hydrogens is 572 g/mol. The number of sulfonamides is 1. The first-order chi connectivity index (χ1) is 18.3. The molecule has 1 aromatic carbocycles. The van der Waals surface area contributed by atoms with Crippen molar-refractivity contribution in [2.24, 2.45) is 22.2 Å². The Morgan fingerprint density at radius 3 is 2.67 bits per heavy atom. The normalized spacial score (nSPS) is 27.3. The van der Waals surface area contributed by atoms with Crippen molar-refractivity contribution < 1.29 is 35.5 Å². The number of hydrogen-bond acceptors (Lipinski definition) is 8. The number of halogens is 2. The fourth-order valence-electron chi connectivity index (χ4n) is 6.51. The topological polar surface area (TPSA) is 133 Å². The number of benzene rings is 1. The van der Waals surface area contributed by atoms with Crippen molar-refractivity contribution in [2.45, 2.75) is 43.2 Å². The number of carbonyl (C=O) groups is 1. The largest absolute Gasteiger partial charge is 0.511 e. The zero-order valence-electron chi connectivity index (χ0n) is 20.7. The zero-order chi connectivity index (χ0) is 27.9. The molecule has 1 aromatic heterocycles. The maximum Gasteiger partial charge on any atom is 0.287 e. The Morgan fingerprint density at radius 1 is 1.21 bits per heavy atom. The average molecular weight is 598 g/mol. The molecule has 2 aliphatic carbocycles. The fourth-order valence-corrected chi connectivity index (χ4v) is 9.77.